The number of carbonyl (C=O) groups is 1. The number of benzene rings is 2. The Morgan fingerprint density at radius 3 is 2.50 bits per heavy atom. The lowest BCUT2D eigenvalue weighted by molar-refractivity contribution is -0.140. The average Bonchev–Trinajstić information content (AvgIpc) is 3.28. The molecular weight excluding hydrogens is 422 g/mol. The molecule has 0 fully saturated rings. The van der Waals surface area contributed by atoms with E-state index in [9.17, 15) is 18.3 Å². The van der Waals surface area contributed by atoms with E-state index in [2.05, 4.69) is 15.9 Å². The van der Waals surface area contributed by atoms with Crippen LogP contribution >= 0.6 is 11.3 Å². The van der Waals surface area contributed by atoms with Crippen LogP contribution in [0.3, 0.4) is 0 Å². The van der Waals surface area contributed by atoms with Gasteiger partial charge >= 0.3 is 5.97 Å². The Labute approximate surface area is 178 Å². The molecule has 7 nitrogen and oxygen atoms in total. The molecule has 0 amide bonds. The minimum Gasteiger partial charge on any atom is -0.480 e. The molecule has 0 spiro atoms. The summed E-state index contributed by atoms with van der Waals surface area (Å²) in [7, 11) is -2.09. The molecule has 0 aliphatic rings. The van der Waals surface area contributed by atoms with Gasteiger partial charge in [-0.2, -0.15) is 9.82 Å². The highest BCUT2D eigenvalue weighted by Crippen LogP contribution is 2.37. The van der Waals surface area contributed by atoms with Crippen molar-refractivity contribution in [2.24, 2.45) is 13.0 Å². The zero-order chi connectivity index (χ0) is 21.6. The van der Waals surface area contributed by atoms with Crippen LogP contribution in [-0.2, 0) is 21.9 Å². The van der Waals surface area contributed by atoms with Crippen LogP contribution in [0.4, 0.5) is 0 Å². The Kier molecular flexibility index (Phi) is 5.13. The topological polar surface area (TPSA) is 101 Å². The van der Waals surface area contributed by atoms with Crippen molar-refractivity contribution < 1.29 is 18.3 Å². The number of carboxylic acid groups (broad SMARTS) is 1. The quantitative estimate of drug-likeness (QED) is 0.471. The number of aromatic nitrogens is 2. The molecule has 2 aromatic carbocycles. The van der Waals surface area contributed by atoms with E-state index in [1.54, 1.807) is 36.9 Å². The number of hydrogen-bond donors (Lipinski definition) is 2. The van der Waals surface area contributed by atoms with Gasteiger partial charge in [-0.05, 0) is 35.7 Å². The predicted octanol–water partition coefficient (Wildman–Crippen LogP) is 3.84. The number of aliphatic carboxylic acids is 1. The molecule has 30 heavy (non-hydrogen) atoms. The molecule has 0 saturated heterocycles. The van der Waals surface area contributed by atoms with Crippen LogP contribution in [0.25, 0.3) is 31.3 Å². The van der Waals surface area contributed by atoms with E-state index >= 15 is 0 Å². The van der Waals surface area contributed by atoms with Crippen LogP contribution < -0.4 is 4.72 Å². The zero-order valence-electron chi connectivity index (χ0n) is 16.7. The highest BCUT2D eigenvalue weighted by Gasteiger charge is 2.28. The summed E-state index contributed by atoms with van der Waals surface area (Å²) in [6, 6.07) is 9.84. The first-order valence-corrected chi connectivity index (χ1v) is 11.7. The molecule has 2 aromatic heterocycles. The molecule has 0 radical (unpaired) electrons. The zero-order valence-corrected chi connectivity index (χ0v) is 18.3. The fourth-order valence-electron chi connectivity index (χ4n) is 3.38. The van der Waals surface area contributed by atoms with Crippen LogP contribution in [0.5, 0.6) is 0 Å². The Morgan fingerprint density at radius 1 is 1.10 bits per heavy atom. The molecule has 0 aliphatic carbocycles. The lowest BCUT2D eigenvalue weighted by atomic mass is 10.1. The number of nitrogens with zero attached hydrogens (tertiary/aromatic N) is 2. The van der Waals surface area contributed by atoms with Gasteiger partial charge in [0, 0.05) is 39.0 Å². The van der Waals surface area contributed by atoms with Gasteiger partial charge in [-0.25, -0.2) is 8.42 Å². The van der Waals surface area contributed by atoms with Gasteiger partial charge in [0.1, 0.15) is 6.04 Å². The first-order valence-electron chi connectivity index (χ1n) is 9.36. The molecule has 156 valence electrons. The van der Waals surface area contributed by atoms with Crippen LogP contribution in [0.15, 0.2) is 53.7 Å². The van der Waals surface area contributed by atoms with E-state index in [-0.39, 0.29) is 10.8 Å². The van der Waals surface area contributed by atoms with Crippen molar-refractivity contribution in [1.82, 2.24) is 14.5 Å². The van der Waals surface area contributed by atoms with E-state index in [0.717, 1.165) is 31.3 Å². The predicted molar refractivity (Wildman–Crippen MR) is 118 cm³/mol. The van der Waals surface area contributed by atoms with E-state index in [0.29, 0.717) is 0 Å². The van der Waals surface area contributed by atoms with Gasteiger partial charge in [-0.3, -0.25) is 9.48 Å². The molecule has 9 heteroatoms. The summed E-state index contributed by atoms with van der Waals surface area (Å²) < 4.78 is 31.5. The molecule has 1 atom stereocenters. The third-order valence-corrected chi connectivity index (χ3v) is 7.58. The number of thiophene rings is 1. The number of rotatable bonds is 6. The summed E-state index contributed by atoms with van der Waals surface area (Å²) >= 11 is 1.50. The lowest BCUT2D eigenvalue weighted by Gasteiger charge is -2.18. The van der Waals surface area contributed by atoms with Crippen LogP contribution in [0.1, 0.15) is 13.8 Å². The molecular formula is C21H21N3O4S2. The second-order valence-electron chi connectivity index (χ2n) is 7.55. The summed E-state index contributed by atoms with van der Waals surface area (Å²) in [4.78, 5) is 11.5. The maximum absolute atomic E-state index is 12.8. The van der Waals surface area contributed by atoms with E-state index in [1.165, 1.54) is 17.4 Å². The number of aryl methyl sites for hydroxylation is 1. The largest absolute Gasteiger partial charge is 0.480 e. The molecule has 2 heterocycles. The number of sulfonamides is 1. The molecule has 2 N–H and O–H groups in total. The molecule has 0 aliphatic heterocycles. The van der Waals surface area contributed by atoms with Gasteiger partial charge < -0.3 is 5.11 Å². The van der Waals surface area contributed by atoms with Crippen molar-refractivity contribution in [2.75, 3.05) is 0 Å². The smallest absolute Gasteiger partial charge is 0.322 e. The average molecular weight is 444 g/mol. The number of nitrogens with one attached hydrogen (secondary N) is 1. The third-order valence-electron chi connectivity index (χ3n) is 5.01. The third kappa shape index (κ3) is 3.71. The Morgan fingerprint density at radius 2 is 1.87 bits per heavy atom. The Balaban J connectivity index is 1.76. The van der Waals surface area contributed by atoms with Crippen molar-refractivity contribution in [3.8, 4) is 11.1 Å². The fourth-order valence-corrected chi connectivity index (χ4v) is 5.95. The normalized spacial score (nSPS) is 13.3. The summed E-state index contributed by atoms with van der Waals surface area (Å²) in [6.07, 6.45) is 3.75. The van der Waals surface area contributed by atoms with Gasteiger partial charge in [-0.15, -0.1) is 11.3 Å². The van der Waals surface area contributed by atoms with Crippen molar-refractivity contribution >= 4 is 47.5 Å². The van der Waals surface area contributed by atoms with Gasteiger partial charge in [-0.1, -0.05) is 26.0 Å². The van der Waals surface area contributed by atoms with Crippen molar-refractivity contribution in [3.63, 3.8) is 0 Å². The van der Waals surface area contributed by atoms with E-state index in [4.69, 9.17) is 0 Å². The summed E-state index contributed by atoms with van der Waals surface area (Å²) in [5.74, 6) is -1.57. The van der Waals surface area contributed by atoms with Crippen LogP contribution in [0.2, 0.25) is 0 Å². The van der Waals surface area contributed by atoms with Crippen molar-refractivity contribution in [3.05, 3.63) is 48.8 Å². The fraction of sp³-hybridized carbons (Fsp3) is 0.238. The SMILES string of the molecule is CC(C)[C@H](NS(=O)(=O)c1ccc2c(c1)sc1ccc(-c3cnn(C)c3)cc12)C(=O)O. The highest BCUT2D eigenvalue weighted by atomic mass is 32.2. The van der Waals surface area contributed by atoms with Crippen LogP contribution in [-0.4, -0.2) is 35.3 Å². The first-order chi connectivity index (χ1) is 14.2. The van der Waals surface area contributed by atoms with E-state index < -0.39 is 22.0 Å². The molecule has 0 unspecified atom stereocenters. The van der Waals surface area contributed by atoms with Gasteiger partial charge in [0.05, 0.1) is 11.1 Å². The lowest BCUT2D eigenvalue weighted by Crippen LogP contribution is -2.44. The second-order valence-corrected chi connectivity index (χ2v) is 10.4. The summed E-state index contributed by atoms with van der Waals surface area (Å²) in [6.45, 7) is 3.33. The Hall–Kier alpha value is -2.75. The monoisotopic (exact) mass is 443 g/mol. The first kappa shape index (κ1) is 20.5. The summed E-state index contributed by atoms with van der Waals surface area (Å²) in [5.41, 5.74) is 2.05. The molecule has 4 aromatic rings. The van der Waals surface area contributed by atoms with E-state index in [1.807, 2.05) is 25.4 Å². The van der Waals surface area contributed by atoms with Gasteiger partial charge in [0.25, 0.3) is 0 Å². The number of hydrogen-bond acceptors (Lipinski definition) is 5. The minimum absolute atomic E-state index is 0.0564. The number of carboxylic acids is 1. The molecule has 4 rings (SSSR count). The molecule has 0 saturated carbocycles. The van der Waals surface area contributed by atoms with Crippen LogP contribution in [0, 0.1) is 5.92 Å². The van der Waals surface area contributed by atoms with Crippen molar-refractivity contribution in [1.29, 1.82) is 0 Å². The van der Waals surface area contributed by atoms with Gasteiger partial charge in [0.2, 0.25) is 10.0 Å². The Bertz CT molecular complexity index is 1370. The van der Waals surface area contributed by atoms with Crippen molar-refractivity contribution in [2.45, 2.75) is 24.8 Å². The van der Waals surface area contributed by atoms with Gasteiger partial charge in [0.15, 0.2) is 0 Å². The second kappa shape index (κ2) is 7.50. The molecule has 0 bridgehead atoms. The maximum Gasteiger partial charge on any atom is 0.322 e. The maximum atomic E-state index is 12.8. The highest BCUT2D eigenvalue weighted by molar-refractivity contribution is 7.89. The minimum atomic E-state index is -3.96. The number of fused-ring (bicyclic) bond motifs is 3. The summed E-state index contributed by atoms with van der Waals surface area (Å²) in [5, 5.41) is 15.5. The standard InChI is InChI=1S/C21H21N3O4S2/c1-12(2)20(21(25)26)23-30(27,28)15-5-6-16-17-8-13(14-10-22-24(3)11-14)4-7-18(17)29-19(16)9-15/h4-12,20,23H,1-3H3,(H,25,26)/t20-/m0/s1.